The second-order valence-corrected chi connectivity index (χ2v) is 1.91. The van der Waals surface area contributed by atoms with E-state index in [9.17, 15) is 0 Å². The Morgan fingerprint density at radius 2 is 1.57 bits per heavy atom. The topological polar surface area (TPSA) is 0 Å². The molecule has 0 saturated heterocycles. The molecule has 0 unspecified atom stereocenters. The van der Waals surface area contributed by atoms with Crippen molar-refractivity contribution in [1.29, 1.82) is 0 Å². The van der Waals surface area contributed by atoms with Crippen molar-refractivity contribution in [3.8, 4) is 0 Å². The maximum absolute atomic E-state index is 5.47. The molecule has 0 atom stereocenters. The van der Waals surface area contributed by atoms with E-state index in [1.165, 1.54) is 19.3 Å². The molecule has 0 aliphatic heterocycles. The van der Waals surface area contributed by atoms with Crippen LogP contribution in [0.4, 0.5) is 0 Å². The van der Waals surface area contributed by atoms with E-state index in [-0.39, 0.29) is 35.5 Å². The first-order valence-corrected chi connectivity index (χ1v) is 2.27. The van der Waals surface area contributed by atoms with Gasteiger partial charge in [0.25, 0.3) is 0 Å². The van der Waals surface area contributed by atoms with Gasteiger partial charge in [-0.1, -0.05) is 0 Å². The van der Waals surface area contributed by atoms with Gasteiger partial charge in [-0.15, -0.1) is 6.42 Å². The minimum absolute atomic E-state index is 0. The van der Waals surface area contributed by atoms with Crippen molar-refractivity contribution in [1.82, 2.24) is 0 Å². The summed E-state index contributed by atoms with van der Waals surface area (Å²) in [5.41, 5.74) is 0. The van der Waals surface area contributed by atoms with Crippen molar-refractivity contribution in [3.63, 3.8) is 0 Å². The molecule has 0 nitrogen and oxygen atoms in total. The SMILES string of the molecule is Cl[C-]1CCC1.[Cl-].[Mg+2]. The fourth-order valence-electron chi connectivity index (χ4n) is 0.310. The summed E-state index contributed by atoms with van der Waals surface area (Å²) in [7, 11) is 0. The van der Waals surface area contributed by atoms with Gasteiger partial charge < -0.3 is 24.0 Å². The van der Waals surface area contributed by atoms with E-state index < -0.39 is 0 Å². The Hall–Kier alpha value is 1.35. The summed E-state index contributed by atoms with van der Waals surface area (Å²) in [5, 5.41) is 1.16. The Morgan fingerprint density at radius 1 is 1.29 bits per heavy atom. The Kier molecular flexibility index (Phi) is 8.76. The van der Waals surface area contributed by atoms with Crippen LogP contribution < -0.4 is 12.4 Å². The summed E-state index contributed by atoms with van der Waals surface area (Å²) in [4.78, 5) is 0. The Morgan fingerprint density at radius 3 is 1.57 bits per heavy atom. The van der Waals surface area contributed by atoms with Crippen LogP contribution in [0, 0.1) is 5.38 Å². The number of hydrogen-bond donors (Lipinski definition) is 0. The van der Waals surface area contributed by atoms with Gasteiger partial charge in [-0.05, 0) is 0 Å². The van der Waals surface area contributed by atoms with Crippen LogP contribution in [0.5, 0.6) is 0 Å². The van der Waals surface area contributed by atoms with Crippen molar-refractivity contribution in [2.24, 2.45) is 0 Å². The monoisotopic (exact) mass is 148 g/mol. The van der Waals surface area contributed by atoms with Gasteiger partial charge in [0.15, 0.2) is 0 Å². The van der Waals surface area contributed by atoms with Crippen molar-refractivity contribution in [2.45, 2.75) is 19.3 Å². The molecule has 0 radical (unpaired) electrons. The van der Waals surface area contributed by atoms with Crippen LogP contribution in [0.3, 0.4) is 0 Å². The molecule has 3 heteroatoms. The molecular weight excluding hydrogens is 143 g/mol. The van der Waals surface area contributed by atoms with E-state index in [4.69, 9.17) is 11.6 Å². The minimum Gasteiger partial charge on any atom is -1.00 e. The van der Waals surface area contributed by atoms with E-state index in [1.807, 2.05) is 0 Å². The molecule has 0 heterocycles. The average molecular weight is 149 g/mol. The largest absolute Gasteiger partial charge is 2.00 e. The molecular formula is C4H6Cl2Mg. The van der Waals surface area contributed by atoms with Gasteiger partial charge in [0.2, 0.25) is 0 Å². The molecule has 1 aliphatic carbocycles. The van der Waals surface area contributed by atoms with Crippen LogP contribution in [0.2, 0.25) is 0 Å². The standard InChI is InChI=1S/C4H6Cl.ClH.Mg/c5-4-2-1-3-4;;/h1-3H2;1H;/q-1;;+2/p-1. The fourth-order valence-corrected chi connectivity index (χ4v) is 0.578. The van der Waals surface area contributed by atoms with Crippen LogP contribution in [-0.4, -0.2) is 23.1 Å². The van der Waals surface area contributed by atoms with Crippen LogP contribution in [-0.2, 0) is 0 Å². The number of hydrogen-bond acceptors (Lipinski definition) is 0. The molecule has 0 aromatic rings. The molecule has 1 aliphatic rings. The van der Waals surface area contributed by atoms with Gasteiger partial charge in [-0.2, -0.15) is 12.8 Å². The van der Waals surface area contributed by atoms with Crippen molar-refractivity contribution < 1.29 is 12.4 Å². The van der Waals surface area contributed by atoms with Crippen molar-refractivity contribution in [3.05, 3.63) is 5.38 Å². The average Bonchev–Trinajstić information content (AvgIpc) is 1.30. The normalized spacial score (nSPS) is 18.4. The Balaban J connectivity index is 0. The van der Waals surface area contributed by atoms with Gasteiger partial charge in [-0.25, -0.2) is 5.38 Å². The first kappa shape index (κ1) is 11.2. The molecule has 0 aromatic carbocycles. The van der Waals surface area contributed by atoms with E-state index in [0.29, 0.717) is 0 Å². The third kappa shape index (κ3) is 3.89. The maximum atomic E-state index is 5.47. The molecule has 1 rings (SSSR count). The van der Waals surface area contributed by atoms with E-state index in [0.717, 1.165) is 5.38 Å². The first-order valence-electron chi connectivity index (χ1n) is 1.90. The van der Waals surface area contributed by atoms with Gasteiger partial charge in [0.05, 0.1) is 0 Å². The predicted molar refractivity (Wildman–Crippen MR) is 28.7 cm³/mol. The molecule has 0 aromatic heterocycles. The van der Waals surface area contributed by atoms with Crippen LogP contribution in [0.15, 0.2) is 0 Å². The zero-order valence-corrected chi connectivity index (χ0v) is 7.01. The van der Waals surface area contributed by atoms with Crippen LogP contribution >= 0.6 is 11.6 Å². The smallest absolute Gasteiger partial charge is 1.00 e. The van der Waals surface area contributed by atoms with Gasteiger partial charge in [0, 0.05) is 0 Å². The molecule has 0 amide bonds. The maximum Gasteiger partial charge on any atom is 2.00 e. The van der Waals surface area contributed by atoms with E-state index in [1.54, 1.807) is 0 Å². The Bertz CT molecular complexity index is 36.7. The molecule has 0 N–H and O–H groups in total. The quantitative estimate of drug-likeness (QED) is 0.292. The number of rotatable bonds is 0. The summed E-state index contributed by atoms with van der Waals surface area (Å²) in [6.45, 7) is 0. The van der Waals surface area contributed by atoms with Gasteiger partial charge >= 0.3 is 23.1 Å². The molecule has 0 bridgehead atoms. The van der Waals surface area contributed by atoms with E-state index >= 15 is 0 Å². The zero-order valence-electron chi connectivity index (χ0n) is 4.08. The van der Waals surface area contributed by atoms with Crippen molar-refractivity contribution >= 4 is 34.7 Å². The summed E-state index contributed by atoms with van der Waals surface area (Å²) in [6.07, 6.45) is 3.65. The van der Waals surface area contributed by atoms with Crippen molar-refractivity contribution in [2.75, 3.05) is 0 Å². The summed E-state index contributed by atoms with van der Waals surface area (Å²) < 4.78 is 0. The third-order valence-corrected chi connectivity index (χ3v) is 1.27. The minimum atomic E-state index is 0. The molecule has 1 saturated carbocycles. The third-order valence-electron chi connectivity index (χ3n) is 0.896. The number of halogens is 2. The van der Waals surface area contributed by atoms with Crippen LogP contribution in [0.25, 0.3) is 0 Å². The summed E-state index contributed by atoms with van der Waals surface area (Å²) in [6, 6.07) is 0. The second kappa shape index (κ2) is 5.48. The molecule has 38 valence electrons. The van der Waals surface area contributed by atoms with E-state index in [2.05, 4.69) is 0 Å². The van der Waals surface area contributed by atoms with Gasteiger partial charge in [-0.3, -0.25) is 0 Å². The fraction of sp³-hybridized carbons (Fsp3) is 0.750. The van der Waals surface area contributed by atoms with Crippen LogP contribution in [0.1, 0.15) is 19.3 Å². The van der Waals surface area contributed by atoms with Gasteiger partial charge in [0.1, 0.15) is 0 Å². The molecule has 0 spiro atoms. The first-order chi connectivity index (χ1) is 2.39. The summed E-state index contributed by atoms with van der Waals surface area (Å²) >= 11 is 5.47. The second-order valence-electron chi connectivity index (χ2n) is 1.37. The molecule has 7 heavy (non-hydrogen) atoms. The zero-order chi connectivity index (χ0) is 3.70. The Labute approximate surface area is 71.6 Å². The predicted octanol–water partition coefficient (Wildman–Crippen LogP) is -1.44. The summed E-state index contributed by atoms with van der Waals surface area (Å²) in [5.74, 6) is 0. The molecule has 1 fully saturated rings.